The maximum absolute atomic E-state index is 13.2. The van der Waals surface area contributed by atoms with E-state index < -0.39 is 29.7 Å². The van der Waals surface area contributed by atoms with E-state index in [4.69, 9.17) is 0 Å². The molecule has 3 aliphatic rings. The number of nitrogens with zero attached hydrogens (tertiary/aromatic N) is 6. The molecule has 2 saturated heterocycles. The van der Waals surface area contributed by atoms with E-state index in [2.05, 4.69) is 40.7 Å². The lowest BCUT2D eigenvalue weighted by atomic mass is 10.0. The molecule has 8 rings (SSSR count). The van der Waals surface area contributed by atoms with Crippen LogP contribution in [0.1, 0.15) is 60.6 Å². The van der Waals surface area contributed by atoms with Crippen LogP contribution in [0, 0.1) is 6.92 Å². The smallest absolute Gasteiger partial charge is 0.262 e. The molecule has 56 heavy (non-hydrogen) atoms. The number of carbonyl (C=O) groups excluding carboxylic acids is 5. The third kappa shape index (κ3) is 7.78. The molecule has 5 heterocycles. The van der Waals surface area contributed by atoms with Crippen molar-refractivity contribution in [3.05, 3.63) is 131 Å². The van der Waals surface area contributed by atoms with Gasteiger partial charge in [0.05, 0.1) is 16.8 Å². The van der Waals surface area contributed by atoms with Crippen molar-refractivity contribution < 1.29 is 24.0 Å². The summed E-state index contributed by atoms with van der Waals surface area (Å²) in [4.78, 5) is 82.3. The molecule has 0 saturated carbocycles. The minimum Gasteiger partial charge on any atom is -0.324 e. The molecular formula is C42H39N9O5. The molecular weight excluding hydrogens is 711 g/mol. The van der Waals surface area contributed by atoms with Crippen LogP contribution < -0.4 is 16.0 Å². The van der Waals surface area contributed by atoms with Crippen molar-refractivity contribution in [2.45, 2.75) is 38.9 Å². The molecule has 3 aromatic carbocycles. The van der Waals surface area contributed by atoms with Gasteiger partial charge >= 0.3 is 0 Å². The van der Waals surface area contributed by atoms with Crippen LogP contribution in [0.15, 0.2) is 97.5 Å². The number of hydrogen-bond donors (Lipinski definition) is 3. The predicted octanol–water partition coefficient (Wildman–Crippen LogP) is 4.56. The molecule has 3 aliphatic heterocycles. The Balaban J connectivity index is 0.823. The number of nitrogens with one attached hydrogen (secondary N) is 3. The number of piperidine rings is 1. The van der Waals surface area contributed by atoms with Crippen LogP contribution in [0.4, 0.5) is 17.3 Å². The molecule has 5 aromatic rings. The summed E-state index contributed by atoms with van der Waals surface area (Å²) in [6.45, 7) is 6.67. The van der Waals surface area contributed by atoms with Gasteiger partial charge in [-0.25, -0.2) is 9.97 Å². The van der Waals surface area contributed by atoms with Crippen molar-refractivity contribution in [2.24, 2.45) is 0 Å². The fraction of sp³-hybridized carbons (Fsp3) is 0.238. The van der Waals surface area contributed by atoms with Gasteiger partial charge in [0.2, 0.25) is 17.8 Å². The van der Waals surface area contributed by atoms with Gasteiger partial charge in [-0.2, -0.15) is 0 Å². The van der Waals surface area contributed by atoms with Crippen molar-refractivity contribution in [1.82, 2.24) is 35.0 Å². The highest BCUT2D eigenvalue weighted by Crippen LogP contribution is 2.29. The SMILES string of the molecule is Cc1ccc(NC(=O)c2ccc(CN3CCN(Cc4ccc5c(c4)C(=O)N(C4CCC(=O)NC4=O)C5=O)CC3)cc2)cc1Nc1nccc(-c2cccnc2)n1. The first-order chi connectivity index (χ1) is 27.2. The molecule has 0 radical (unpaired) electrons. The van der Waals surface area contributed by atoms with Crippen LogP contribution in [-0.2, 0) is 22.7 Å². The van der Waals surface area contributed by atoms with Crippen molar-refractivity contribution in [3.63, 3.8) is 0 Å². The molecule has 14 heteroatoms. The lowest BCUT2D eigenvalue weighted by Crippen LogP contribution is -2.54. The van der Waals surface area contributed by atoms with Gasteiger partial charge in [0, 0.05) is 86.8 Å². The van der Waals surface area contributed by atoms with Gasteiger partial charge in [-0.3, -0.25) is 49.0 Å². The van der Waals surface area contributed by atoms with Crippen molar-refractivity contribution in [3.8, 4) is 11.3 Å². The Morgan fingerprint density at radius 1 is 0.821 bits per heavy atom. The number of hydrogen-bond acceptors (Lipinski definition) is 11. The van der Waals surface area contributed by atoms with E-state index in [-0.39, 0.29) is 24.3 Å². The van der Waals surface area contributed by atoms with Gasteiger partial charge in [-0.1, -0.05) is 24.3 Å². The Morgan fingerprint density at radius 2 is 1.55 bits per heavy atom. The van der Waals surface area contributed by atoms with E-state index in [9.17, 15) is 24.0 Å². The number of imide groups is 2. The number of aryl methyl sites for hydroxylation is 1. The van der Waals surface area contributed by atoms with Crippen LogP contribution in [-0.4, -0.2) is 91.4 Å². The molecule has 2 fully saturated rings. The lowest BCUT2D eigenvalue weighted by Gasteiger charge is -2.34. The number of fused-ring (bicyclic) bond motifs is 1. The molecule has 14 nitrogen and oxygen atoms in total. The molecule has 1 atom stereocenters. The third-order valence-corrected chi connectivity index (χ3v) is 10.4. The Hall–Kier alpha value is -6.64. The third-order valence-electron chi connectivity index (χ3n) is 10.4. The van der Waals surface area contributed by atoms with Crippen LogP contribution in [0.2, 0.25) is 0 Å². The standard InChI is InChI=1S/C42H39N9O5/c1-26-4-10-31(22-35(26)47-42-44-16-14-34(46-42)30-3-2-15-43-23-30)45-38(53)29-8-5-27(6-9-29)24-49-17-19-50(20-18-49)25-28-7-11-32-33(21-28)41(56)51(40(32)55)36-12-13-37(52)48-39(36)54/h2-11,14-16,21-23,36H,12-13,17-20,24-25H2,1H3,(H,45,53)(H,44,46,47)(H,48,52,54). The zero-order valence-electron chi connectivity index (χ0n) is 30.7. The molecule has 2 aromatic heterocycles. The van der Waals surface area contributed by atoms with E-state index in [0.29, 0.717) is 29.3 Å². The summed E-state index contributed by atoms with van der Waals surface area (Å²) in [5, 5.41) is 8.51. The van der Waals surface area contributed by atoms with Crippen molar-refractivity contribution >= 4 is 46.9 Å². The zero-order valence-corrected chi connectivity index (χ0v) is 30.7. The Labute approximate surface area is 323 Å². The van der Waals surface area contributed by atoms with Gasteiger partial charge in [0.1, 0.15) is 6.04 Å². The number of pyridine rings is 1. The first-order valence-electron chi connectivity index (χ1n) is 18.5. The average Bonchev–Trinajstić information content (AvgIpc) is 3.45. The summed E-state index contributed by atoms with van der Waals surface area (Å²) in [6.07, 6.45) is 5.37. The topological polar surface area (TPSA) is 170 Å². The summed E-state index contributed by atoms with van der Waals surface area (Å²) < 4.78 is 0. The molecule has 5 amide bonds. The maximum atomic E-state index is 13.2. The van der Waals surface area contributed by atoms with Crippen LogP contribution >= 0.6 is 0 Å². The summed E-state index contributed by atoms with van der Waals surface area (Å²) in [5.41, 5.74) is 7.17. The number of piperazine rings is 1. The number of carbonyl (C=O) groups is 5. The molecule has 0 aliphatic carbocycles. The second-order valence-electron chi connectivity index (χ2n) is 14.2. The summed E-state index contributed by atoms with van der Waals surface area (Å²) >= 11 is 0. The molecule has 0 bridgehead atoms. The van der Waals surface area contributed by atoms with Gasteiger partial charge < -0.3 is 10.6 Å². The summed E-state index contributed by atoms with van der Waals surface area (Å²) in [5.74, 6) is -1.79. The van der Waals surface area contributed by atoms with Crippen molar-refractivity contribution in [2.75, 3.05) is 36.8 Å². The van der Waals surface area contributed by atoms with E-state index in [1.54, 1.807) is 30.7 Å². The fourth-order valence-electron chi connectivity index (χ4n) is 7.25. The average molecular weight is 750 g/mol. The number of aromatic nitrogens is 3. The molecule has 0 spiro atoms. The largest absolute Gasteiger partial charge is 0.324 e. The number of benzene rings is 3. The Morgan fingerprint density at radius 3 is 2.29 bits per heavy atom. The van der Waals surface area contributed by atoms with E-state index in [1.165, 1.54) is 0 Å². The zero-order chi connectivity index (χ0) is 38.8. The van der Waals surface area contributed by atoms with E-state index in [1.807, 2.05) is 73.7 Å². The highest BCUT2D eigenvalue weighted by atomic mass is 16.2. The molecule has 282 valence electrons. The Bertz CT molecular complexity index is 2340. The normalized spacial score (nSPS) is 17.4. The van der Waals surface area contributed by atoms with Gasteiger partial charge in [0.25, 0.3) is 17.7 Å². The highest BCUT2D eigenvalue weighted by Gasteiger charge is 2.44. The molecule has 3 N–H and O–H groups in total. The second-order valence-corrected chi connectivity index (χ2v) is 14.2. The van der Waals surface area contributed by atoms with Crippen molar-refractivity contribution in [1.29, 1.82) is 0 Å². The monoisotopic (exact) mass is 749 g/mol. The minimum absolute atomic E-state index is 0.0838. The quantitative estimate of drug-likeness (QED) is 0.171. The van der Waals surface area contributed by atoms with Crippen LogP contribution in [0.3, 0.4) is 0 Å². The number of anilines is 3. The van der Waals surface area contributed by atoms with E-state index in [0.717, 1.165) is 71.3 Å². The molecule has 1 unspecified atom stereocenters. The lowest BCUT2D eigenvalue weighted by molar-refractivity contribution is -0.136. The maximum Gasteiger partial charge on any atom is 0.262 e. The summed E-state index contributed by atoms with van der Waals surface area (Å²) in [6, 6.07) is 23.2. The summed E-state index contributed by atoms with van der Waals surface area (Å²) in [7, 11) is 0. The van der Waals surface area contributed by atoms with Crippen LogP contribution in [0.5, 0.6) is 0 Å². The second kappa shape index (κ2) is 15.6. The number of amides is 5. The first kappa shape index (κ1) is 36.3. The number of rotatable bonds is 10. The van der Waals surface area contributed by atoms with E-state index >= 15 is 0 Å². The highest BCUT2D eigenvalue weighted by molar-refractivity contribution is 6.23. The first-order valence-corrected chi connectivity index (χ1v) is 18.5. The van der Waals surface area contributed by atoms with Crippen LogP contribution in [0.25, 0.3) is 11.3 Å². The predicted molar refractivity (Wildman–Crippen MR) is 208 cm³/mol. The van der Waals surface area contributed by atoms with Gasteiger partial charge in [0.15, 0.2) is 0 Å². The Kier molecular flexibility index (Phi) is 10.1. The fourth-order valence-corrected chi connectivity index (χ4v) is 7.25. The van der Waals surface area contributed by atoms with Gasteiger partial charge in [-0.15, -0.1) is 0 Å². The van der Waals surface area contributed by atoms with Gasteiger partial charge in [-0.05, 0) is 84.6 Å². The minimum atomic E-state index is -0.981.